The Kier molecular flexibility index (Phi) is 1.99. The first kappa shape index (κ1) is 10.6. The summed E-state index contributed by atoms with van der Waals surface area (Å²) >= 11 is 0. The summed E-state index contributed by atoms with van der Waals surface area (Å²) in [5.41, 5.74) is 3.53. The fraction of sp³-hybridized carbons (Fsp3) is 0.118. The normalized spacial score (nSPS) is 14.3. The SMILES string of the molecule is Cn1ccc2c3cc4c(cc3ccc21)C=CC(=O)C4. The van der Waals surface area contributed by atoms with E-state index in [1.165, 1.54) is 27.2 Å². The first-order valence-electron chi connectivity index (χ1n) is 6.44. The Hall–Kier alpha value is -2.35. The summed E-state index contributed by atoms with van der Waals surface area (Å²) in [7, 11) is 2.05. The molecule has 2 nitrogen and oxygen atoms in total. The number of hydrogen-bond donors (Lipinski definition) is 0. The molecule has 0 aliphatic heterocycles. The number of aromatic nitrogens is 1. The quantitative estimate of drug-likeness (QED) is 0.596. The highest BCUT2D eigenvalue weighted by Gasteiger charge is 2.13. The number of carbonyl (C=O) groups excluding carboxylic acids is 1. The van der Waals surface area contributed by atoms with Crippen molar-refractivity contribution in [3.63, 3.8) is 0 Å². The van der Waals surface area contributed by atoms with Crippen LogP contribution in [0, 0.1) is 0 Å². The molecule has 0 N–H and O–H groups in total. The highest BCUT2D eigenvalue weighted by atomic mass is 16.1. The molecule has 92 valence electrons. The van der Waals surface area contributed by atoms with Crippen molar-refractivity contribution in [1.29, 1.82) is 0 Å². The largest absolute Gasteiger partial charge is 0.351 e. The number of benzene rings is 2. The van der Waals surface area contributed by atoms with Crippen molar-refractivity contribution in [2.75, 3.05) is 0 Å². The van der Waals surface area contributed by atoms with Crippen LogP contribution in [0.5, 0.6) is 0 Å². The summed E-state index contributed by atoms with van der Waals surface area (Å²) in [6.45, 7) is 0. The monoisotopic (exact) mass is 247 g/mol. The first-order valence-corrected chi connectivity index (χ1v) is 6.44. The number of rotatable bonds is 0. The van der Waals surface area contributed by atoms with E-state index in [-0.39, 0.29) is 5.78 Å². The lowest BCUT2D eigenvalue weighted by atomic mass is 9.92. The van der Waals surface area contributed by atoms with Gasteiger partial charge in [-0.15, -0.1) is 0 Å². The maximum atomic E-state index is 11.5. The van der Waals surface area contributed by atoms with Crippen molar-refractivity contribution in [1.82, 2.24) is 4.57 Å². The van der Waals surface area contributed by atoms with E-state index in [4.69, 9.17) is 0 Å². The Morgan fingerprint density at radius 1 is 1.05 bits per heavy atom. The van der Waals surface area contributed by atoms with Crippen LogP contribution >= 0.6 is 0 Å². The van der Waals surface area contributed by atoms with Gasteiger partial charge in [-0.05, 0) is 52.2 Å². The van der Waals surface area contributed by atoms with Gasteiger partial charge in [0.1, 0.15) is 0 Å². The fourth-order valence-corrected chi connectivity index (χ4v) is 2.93. The number of carbonyl (C=O) groups is 1. The predicted octanol–water partition coefficient (Wildman–Crippen LogP) is 3.47. The number of hydrogen-bond acceptors (Lipinski definition) is 1. The molecule has 1 aliphatic rings. The molecule has 1 aromatic heterocycles. The van der Waals surface area contributed by atoms with E-state index in [0.717, 1.165) is 5.56 Å². The second-order valence-corrected chi connectivity index (χ2v) is 5.17. The Labute approximate surface area is 111 Å². The second-order valence-electron chi connectivity index (χ2n) is 5.17. The highest BCUT2D eigenvalue weighted by molar-refractivity contribution is 6.09. The molecule has 2 heteroatoms. The molecule has 0 atom stereocenters. The number of allylic oxidation sites excluding steroid dienone is 1. The van der Waals surface area contributed by atoms with Gasteiger partial charge < -0.3 is 4.57 Å². The third kappa shape index (κ3) is 1.46. The Morgan fingerprint density at radius 3 is 2.84 bits per heavy atom. The van der Waals surface area contributed by atoms with Crippen molar-refractivity contribution in [2.24, 2.45) is 7.05 Å². The van der Waals surface area contributed by atoms with E-state index in [1.807, 2.05) is 6.08 Å². The molecule has 3 aromatic rings. The zero-order chi connectivity index (χ0) is 13.0. The van der Waals surface area contributed by atoms with Crippen LogP contribution in [-0.2, 0) is 18.3 Å². The van der Waals surface area contributed by atoms with Crippen LogP contribution in [0.3, 0.4) is 0 Å². The van der Waals surface area contributed by atoms with Gasteiger partial charge >= 0.3 is 0 Å². The van der Waals surface area contributed by atoms with Crippen LogP contribution in [0.15, 0.2) is 42.6 Å². The number of ketones is 1. The zero-order valence-electron chi connectivity index (χ0n) is 10.7. The van der Waals surface area contributed by atoms with Crippen LogP contribution in [0.2, 0.25) is 0 Å². The molecule has 4 rings (SSSR count). The van der Waals surface area contributed by atoms with Crippen molar-refractivity contribution >= 4 is 33.5 Å². The van der Waals surface area contributed by atoms with Gasteiger partial charge in [0.2, 0.25) is 0 Å². The lowest BCUT2D eigenvalue weighted by Crippen LogP contribution is -2.05. The van der Waals surface area contributed by atoms with Crippen LogP contribution in [-0.4, -0.2) is 10.4 Å². The molecular weight excluding hydrogens is 234 g/mol. The van der Waals surface area contributed by atoms with Gasteiger partial charge in [0.05, 0.1) is 0 Å². The third-order valence-corrected chi connectivity index (χ3v) is 3.96. The smallest absolute Gasteiger partial charge is 0.160 e. The Bertz CT molecular complexity index is 868. The molecule has 0 amide bonds. The lowest BCUT2D eigenvalue weighted by Gasteiger charge is -2.12. The molecule has 0 saturated carbocycles. The third-order valence-electron chi connectivity index (χ3n) is 3.96. The Morgan fingerprint density at radius 2 is 1.95 bits per heavy atom. The lowest BCUT2D eigenvalue weighted by molar-refractivity contribution is -0.114. The van der Waals surface area contributed by atoms with Gasteiger partial charge in [-0.3, -0.25) is 4.79 Å². The number of nitrogens with zero attached hydrogens (tertiary/aromatic N) is 1. The summed E-state index contributed by atoms with van der Waals surface area (Å²) < 4.78 is 2.12. The molecule has 0 bridgehead atoms. The second kappa shape index (κ2) is 3.58. The Balaban J connectivity index is 2.12. The van der Waals surface area contributed by atoms with Crippen molar-refractivity contribution in [3.8, 4) is 0 Å². The van der Waals surface area contributed by atoms with E-state index < -0.39 is 0 Å². The van der Waals surface area contributed by atoms with Crippen LogP contribution in [0.4, 0.5) is 0 Å². The highest BCUT2D eigenvalue weighted by Crippen LogP contribution is 2.30. The average Bonchev–Trinajstić information content (AvgIpc) is 2.79. The van der Waals surface area contributed by atoms with E-state index in [2.05, 4.69) is 48.1 Å². The maximum absolute atomic E-state index is 11.5. The summed E-state index contributed by atoms with van der Waals surface area (Å²) in [4.78, 5) is 11.5. The number of aryl methyl sites for hydroxylation is 1. The molecular formula is C17H13NO. The summed E-state index contributed by atoms with van der Waals surface area (Å²) in [5.74, 6) is 0.187. The van der Waals surface area contributed by atoms with E-state index in [9.17, 15) is 4.79 Å². The van der Waals surface area contributed by atoms with Gasteiger partial charge in [-0.2, -0.15) is 0 Å². The summed E-state index contributed by atoms with van der Waals surface area (Å²) in [6.07, 6.45) is 6.20. The first-order chi connectivity index (χ1) is 9.22. The predicted molar refractivity (Wildman–Crippen MR) is 78.2 cm³/mol. The zero-order valence-corrected chi connectivity index (χ0v) is 10.7. The van der Waals surface area contributed by atoms with Crippen LogP contribution in [0.1, 0.15) is 11.1 Å². The minimum Gasteiger partial charge on any atom is -0.351 e. The fourth-order valence-electron chi connectivity index (χ4n) is 2.93. The van der Waals surface area contributed by atoms with Gasteiger partial charge in [0.15, 0.2) is 5.78 Å². The van der Waals surface area contributed by atoms with Crippen LogP contribution < -0.4 is 0 Å². The van der Waals surface area contributed by atoms with Gasteiger partial charge in [0.25, 0.3) is 0 Å². The van der Waals surface area contributed by atoms with Gasteiger partial charge in [-0.1, -0.05) is 12.1 Å². The molecule has 0 fully saturated rings. The van der Waals surface area contributed by atoms with Crippen molar-refractivity contribution < 1.29 is 4.79 Å². The minimum absolute atomic E-state index is 0.187. The molecule has 0 spiro atoms. The minimum atomic E-state index is 0.187. The number of fused-ring (bicyclic) bond motifs is 4. The molecule has 0 saturated heterocycles. The standard InChI is InChI=1S/C17H13NO/c1-18-7-6-15-16-10-13-9-14(19)4-2-11(13)8-12(16)3-5-17(15)18/h2-8,10H,9H2,1H3. The average molecular weight is 247 g/mol. The van der Waals surface area contributed by atoms with Crippen molar-refractivity contribution in [3.05, 3.63) is 53.7 Å². The molecule has 2 aromatic carbocycles. The van der Waals surface area contributed by atoms with Crippen LogP contribution in [0.25, 0.3) is 27.8 Å². The maximum Gasteiger partial charge on any atom is 0.160 e. The van der Waals surface area contributed by atoms with Crippen molar-refractivity contribution in [2.45, 2.75) is 6.42 Å². The van der Waals surface area contributed by atoms with E-state index >= 15 is 0 Å². The molecule has 19 heavy (non-hydrogen) atoms. The van der Waals surface area contributed by atoms with Gasteiger partial charge in [-0.25, -0.2) is 0 Å². The summed E-state index contributed by atoms with van der Waals surface area (Å²) in [6, 6.07) is 10.8. The molecule has 1 heterocycles. The topological polar surface area (TPSA) is 22.0 Å². The van der Waals surface area contributed by atoms with Gasteiger partial charge in [0, 0.05) is 30.6 Å². The summed E-state index contributed by atoms with van der Waals surface area (Å²) in [5, 5.41) is 3.72. The van der Waals surface area contributed by atoms with E-state index in [1.54, 1.807) is 6.08 Å². The molecule has 0 unspecified atom stereocenters. The molecule has 0 radical (unpaired) electrons. The molecule has 1 aliphatic carbocycles. The van der Waals surface area contributed by atoms with E-state index in [0.29, 0.717) is 6.42 Å².